The minimum atomic E-state index is -0.545. The number of carbonyl (C=O) groups is 1. The van der Waals surface area contributed by atoms with Gasteiger partial charge in [0.25, 0.3) is 0 Å². The third-order valence-electron chi connectivity index (χ3n) is 7.36. The SMILES string of the molecule is COc1cc(-c2oc3cc(C)cc(OC)c3c(=O)c2OCN(C)C2CCN(C(=O)OC(C)(C)C)CC2)cc(OC)c1OC. The quantitative estimate of drug-likeness (QED) is 0.294. The summed E-state index contributed by atoms with van der Waals surface area (Å²) >= 11 is 0. The number of amides is 1. The lowest BCUT2D eigenvalue weighted by Crippen LogP contribution is -2.47. The summed E-state index contributed by atoms with van der Waals surface area (Å²) < 4.78 is 40.3. The van der Waals surface area contributed by atoms with E-state index in [4.69, 9.17) is 32.8 Å². The van der Waals surface area contributed by atoms with Crippen LogP contribution in [0.4, 0.5) is 4.79 Å². The van der Waals surface area contributed by atoms with Crippen LogP contribution in [0.15, 0.2) is 33.5 Å². The van der Waals surface area contributed by atoms with Crippen molar-refractivity contribution >= 4 is 17.1 Å². The van der Waals surface area contributed by atoms with Crippen molar-refractivity contribution in [1.29, 1.82) is 0 Å². The summed E-state index contributed by atoms with van der Waals surface area (Å²) in [6.45, 7) is 8.71. The van der Waals surface area contributed by atoms with E-state index in [1.807, 2.05) is 39.6 Å². The topological polar surface area (TPSA) is 109 Å². The number of rotatable bonds is 9. The van der Waals surface area contributed by atoms with E-state index < -0.39 is 5.60 Å². The highest BCUT2D eigenvalue weighted by molar-refractivity contribution is 5.88. The van der Waals surface area contributed by atoms with Crippen LogP contribution in [0.3, 0.4) is 0 Å². The first kappa shape index (κ1) is 31.8. The van der Waals surface area contributed by atoms with Crippen LogP contribution in [-0.2, 0) is 4.74 Å². The molecule has 1 aliphatic rings. The number of hydrogen-bond acceptors (Lipinski definition) is 10. The van der Waals surface area contributed by atoms with Crippen molar-refractivity contribution in [2.75, 3.05) is 55.3 Å². The van der Waals surface area contributed by atoms with Crippen LogP contribution < -0.4 is 29.1 Å². The van der Waals surface area contributed by atoms with Gasteiger partial charge in [-0.15, -0.1) is 0 Å². The molecule has 0 atom stereocenters. The Kier molecular flexibility index (Phi) is 9.64. The van der Waals surface area contributed by atoms with Crippen LogP contribution in [0.5, 0.6) is 28.7 Å². The zero-order valence-corrected chi connectivity index (χ0v) is 26.5. The molecule has 43 heavy (non-hydrogen) atoms. The van der Waals surface area contributed by atoms with Gasteiger partial charge < -0.3 is 37.7 Å². The molecule has 1 fully saturated rings. The van der Waals surface area contributed by atoms with Gasteiger partial charge in [-0.1, -0.05) is 0 Å². The van der Waals surface area contributed by atoms with Crippen molar-refractivity contribution in [3.8, 4) is 40.1 Å². The molecule has 234 valence electrons. The Labute approximate surface area is 252 Å². The van der Waals surface area contributed by atoms with E-state index in [0.717, 1.165) is 18.4 Å². The Bertz CT molecular complexity index is 1490. The third-order valence-corrected chi connectivity index (χ3v) is 7.36. The van der Waals surface area contributed by atoms with Crippen LogP contribution in [0.25, 0.3) is 22.3 Å². The lowest BCUT2D eigenvalue weighted by molar-refractivity contribution is 0.0111. The number of methoxy groups -OCH3 is 4. The molecule has 11 heteroatoms. The minimum absolute atomic E-state index is 0.0296. The first-order valence-corrected chi connectivity index (χ1v) is 14.2. The Morgan fingerprint density at radius 1 is 0.930 bits per heavy atom. The molecule has 1 saturated heterocycles. The number of likely N-dealkylation sites (tertiary alicyclic amines) is 1. The average molecular weight is 599 g/mol. The molecule has 0 aliphatic carbocycles. The smallest absolute Gasteiger partial charge is 0.410 e. The van der Waals surface area contributed by atoms with Crippen molar-refractivity contribution in [2.45, 2.75) is 52.2 Å². The molecular weight excluding hydrogens is 556 g/mol. The van der Waals surface area contributed by atoms with E-state index in [9.17, 15) is 9.59 Å². The van der Waals surface area contributed by atoms with E-state index in [1.165, 1.54) is 28.4 Å². The fourth-order valence-corrected chi connectivity index (χ4v) is 5.18. The van der Waals surface area contributed by atoms with Gasteiger partial charge in [0, 0.05) is 24.7 Å². The molecule has 0 radical (unpaired) electrons. The summed E-state index contributed by atoms with van der Waals surface area (Å²) in [6, 6.07) is 7.12. The van der Waals surface area contributed by atoms with Gasteiger partial charge in [-0.3, -0.25) is 9.69 Å². The van der Waals surface area contributed by atoms with E-state index in [1.54, 1.807) is 29.2 Å². The molecule has 2 aromatic carbocycles. The van der Waals surface area contributed by atoms with E-state index >= 15 is 0 Å². The van der Waals surface area contributed by atoms with Gasteiger partial charge in [-0.2, -0.15) is 0 Å². The summed E-state index contributed by atoms with van der Waals surface area (Å²) in [4.78, 5) is 30.3. The first-order chi connectivity index (χ1) is 20.4. The largest absolute Gasteiger partial charge is 0.496 e. The molecule has 2 heterocycles. The lowest BCUT2D eigenvalue weighted by atomic mass is 10.0. The number of ether oxygens (including phenoxy) is 6. The highest BCUT2D eigenvalue weighted by Gasteiger charge is 2.30. The second-order valence-electron chi connectivity index (χ2n) is 11.6. The monoisotopic (exact) mass is 598 g/mol. The fourth-order valence-electron chi connectivity index (χ4n) is 5.18. The summed E-state index contributed by atoms with van der Waals surface area (Å²) in [5, 5.41) is 0.285. The summed E-state index contributed by atoms with van der Waals surface area (Å²) in [6.07, 6.45) is 1.16. The normalized spacial score (nSPS) is 14.1. The van der Waals surface area contributed by atoms with Gasteiger partial charge in [0.2, 0.25) is 16.9 Å². The van der Waals surface area contributed by atoms with Crippen molar-refractivity contribution in [1.82, 2.24) is 9.80 Å². The predicted octanol–water partition coefficient (Wildman–Crippen LogP) is 5.47. The molecule has 0 spiro atoms. The average Bonchev–Trinajstić information content (AvgIpc) is 2.98. The summed E-state index contributed by atoms with van der Waals surface area (Å²) in [5.41, 5.74) is 0.832. The molecule has 0 N–H and O–H groups in total. The van der Waals surface area contributed by atoms with Gasteiger partial charge in [0.05, 0.1) is 28.4 Å². The molecular formula is C32H42N2O9. The van der Waals surface area contributed by atoms with Gasteiger partial charge in [-0.25, -0.2) is 4.79 Å². The van der Waals surface area contributed by atoms with Gasteiger partial charge >= 0.3 is 6.09 Å². The molecule has 1 amide bonds. The van der Waals surface area contributed by atoms with E-state index in [-0.39, 0.29) is 41.2 Å². The van der Waals surface area contributed by atoms with Crippen LogP contribution in [-0.4, -0.2) is 82.8 Å². The third kappa shape index (κ3) is 6.93. The summed E-state index contributed by atoms with van der Waals surface area (Å²) in [5.74, 6) is 1.87. The molecule has 11 nitrogen and oxygen atoms in total. The number of aryl methyl sites for hydroxylation is 1. The molecule has 1 aromatic heterocycles. The van der Waals surface area contributed by atoms with Crippen molar-refractivity contribution in [2.24, 2.45) is 0 Å². The van der Waals surface area contributed by atoms with Gasteiger partial charge in [-0.05, 0) is 77.4 Å². The lowest BCUT2D eigenvalue weighted by Gasteiger charge is -2.37. The fraction of sp³-hybridized carbons (Fsp3) is 0.500. The van der Waals surface area contributed by atoms with Gasteiger partial charge in [0.1, 0.15) is 29.1 Å². The second kappa shape index (κ2) is 13.0. The number of carbonyl (C=O) groups excluding carboxylic acids is 1. The number of fused-ring (bicyclic) bond motifs is 1. The Balaban J connectivity index is 1.68. The maximum Gasteiger partial charge on any atom is 0.410 e. The number of hydrogen-bond donors (Lipinski definition) is 0. The van der Waals surface area contributed by atoms with Crippen LogP contribution in [0.2, 0.25) is 0 Å². The molecule has 4 rings (SSSR count). The zero-order valence-electron chi connectivity index (χ0n) is 26.5. The predicted molar refractivity (Wildman–Crippen MR) is 163 cm³/mol. The molecule has 0 saturated carbocycles. The van der Waals surface area contributed by atoms with Crippen molar-refractivity contribution < 1.29 is 37.6 Å². The number of piperidine rings is 1. The Morgan fingerprint density at radius 2 is 1.53 bits per heavy atom. The van der Waals surface area contributed by atoms with Crippen molar-refractivity contribution in [3.63, 3.8) is 0 Å². The number of nitrogens with zero attached hydrogens (tertiary/aromatic N) is 2. The molecule has 1 aliphatic heterocycles. The standard InChI is InChI=1S/C32H42N2O9/c1-19-14-22(37-6)26-23(15-19)42-28(20-16-24(38-7)29(40-9)25(17-20)39-8)30(27(26)35)41-18-33(5)21-10-12-34(13-11-21)31(36)43-32(2,3)4/h14-17,21H,10-13,18H2,1-9H3. The van der Waals surface area contributed by atoms with Crippen molar-refractivity contribution in [3.05, 3.63) is 40.1 Å². The van der Waals surface area contributed by atoms with Crippen LogP contribution in [0, 0.1) is 6.92 Å². The van der Waals surface area contributed by atoms with Gasteiger partial charge in [0.15, 0.2) is 17.3 Å². The Morgan fingerprint density at radius 3 is 2.07 bits per heavy atom. The minimum Gasteiger partial charge on any atom is -0.496 e. The highest BCUT2D eigenvalue weighted by atomic mass is 16.6. The Hall–Kier alpha value is -4.12. The first-order valence-electron chi connectivity index (χ1n) is 14.2. The maximum absolute atomic E-state index is 14.0. The number of benzene rings is 2. The molecule has 0 unspecified atom stereocenters. The summed E-state index contributed by atoms with van der Waals surface area (Å²) in [7, 11) is 8.00. The molecule has 0 bridgehead atoms. The molecule has 3 aromatic rings. The second-order valence-corrected chi connectivity index (χ2v) is 11.6. The van der Waals surface area contributed by atoms with E-state index in [2.05, 4.69) is 0 Å². The van der Waals surface area contributed by atoms with Crippen LogP contribution >= 0.6 is 0 Å². The van der Waals surface area contributed by atoms with E-state index in [0.29, 0.717) is 47.2 Å². The zero-order chi connectivity index (χ0) is 31.5. The maximum atomic E-state index is 14.0. The van der Waals surface area contributed by atoms with Crippen LogP contribution in [0.1, 0.15) is 39.2 Å². The highest BCUT2D eigenvalue weighted by Crippen LogP contribution is 2.44.